The maximum absolute atomic E-state index is 11.9. The van der Waals surface area contributed by atoms with E-state index in [1.54, 1.807) is 31.3 Å². The van der Waals surface area contributed by atoms with Crippen molar-refractivity contribution in [2.24, 2.45) is 17.5 Å². The first-order valence-corrected chi connectivity index (χ1v) is 11.9. The minimum absolute atomic E-state index is 0.178. The second kappa shape index (κ2) is 11.0. The van der Waals surface area contributed by atoms with Gasteiger partial charge in [-0.15, -0.1) is 0 Å². The summed E-state index contributed by atoms with van der Waals surface area (Å²) >= 11 is 6.21. The molecule has 35 heavy (non-hydrogen) atoms. The lowest BCUT2D eigenvalue weighted by molar-refractivity contribution is 0.0619. The van der Waals surface area contributed by atoms with Crippen molar-refractivity contribution in [2.75, 3.05) is 20.3 Å². The molecule has 1 aromatic carbocycles. The van der Waals surface area contributed by atoms with Gasteiger partial charge in [0.2, 0.25) is 0 Å². The van der Waals surface area contributed by atoms with Crippen molar-refractivity contribution < 1.29 is 9.13 Å². The fourth-order valence-corrected chi connectivity index (χ4v) is 4.57. The normalized spacial score (nSPS) is 15.0. The summed E-state index contributed by atoms with van der Waals surface area (Å²) in [6.07, 6.45) is 3.88. The Hall–Kier alpha value is -3.20. The molecule has 1 fully saturated rings. The Balaban J connectivity index is 0.000000356. The molecular weight excluding hydrogens is 467 g/mol. The van der Waals surface area contributed by atoms with Gasteiger partial charge in [-0.05, 0) is 56.0 Å². The molecule has 0 aliphatic carbocycles. The smallest absolute Gasteiger partial charge is 0.144 e. The predicted octanol–water partition coefficient (Wildman–Crippen LogP) is 4.94. The van der Waals surface area contributed by atoms with Crippen LogP contribution in [0.25, 0.3) is 27.8 Å². The number of ether oxygens (including phenoxy) is 1. The number of nitrogens with two attached hydrogens (primary N) is 2. The number of benzene rings is 1. The number of fused-ring (bicyclic) bond motifs is 3. The van der Waals surface area contributed by atoms with Crippen LogP contribution in [0.3, 0.4) is 0 Å². The van der Waals surface area contributed by atoms with Crippen LogP contribution in [0.15, 0.2) is 60.4 Å². The summed E-state index contributed by atoms with van der Waals surface area (Å²) in [4.78, 5) is 9.35. The molecule has 4 heterocycles. The van der Waals surface area contributed by atoms with Gasteiger partial charge in [-0.25, -0.2) is 15.2 Å². The molecule has 1 aliphatic rings. The van der Waals surface area contributed by atoms with Gasteiger partial charge in [-0.1, -0.05) is 29.8 Å². The molecule has 0 unspecified atom stereocenters. The van der Waals surface area contributed by atoms with Crippen LogP contribution in [0, 0.1) is 11.7 Å². The Labute approximate surface area is 209 Å². The van der Waals surface area contributed by atoms with Crippen LogP contribution in [-0.4, -0.2) is 39.8 Å². The molecule has 7 nitrogen and oxygen atoms in total. The Morgan fingerprint density at radius 1 is 1.20 bits per heavy atom. The lowest BCUT2D eigenvalue weighted by Gasteiger charge is -2.23. The van der Waals surface area contributed by atoms with Crippen LogP contribution in [0.2, 0.25) is 5.15 Å². The molecule has 184 valence electrons. The molecule has 5 rings (SSSR count). The highest BCUT2D eigenvalue weighted by Gasteiger charge is 2.21. The zero-order valence-corrected chi connectivity index (χ0v) is 20.7. The van der Waals surface area contributed by atoms with E-state index in [4.69, 9.17) is 32.9 Å². The van der Waals surface area contributed by atoms with Crippen molar-refractivity contribution in [3.63, 3.8) is 0 Å². The summed E-state index contributed by atoms with van der Waals surface area (Å²) in [5, 5.41) is 3.00. The SMILES string of the molecule is C/C(N)=C(\c1cnc2c3ccc(Cl)nc3n(CC3CCOCC3)c2c1)N(C)N.Fc1ccccc1. The highest BCUT2D eigenvalue weighted by Crippen LogP contribution is 2.32. The molecule has 9 heteroatoms. The lowest BCUT2D eigenvalue weighted by atomic mass is 10.0. The van der Waals surface area contributed by atoms with E-state index in [-0.39, 0.29) is 5.82 Å². The second-order valence-corrected chi connectivity index (χ2v) is 9.09. The maximum Gasteiger partial charge on any atom is 0.144 e. The third-order valence-corrected chi connectivity index (χ3v) is 6.24. The largest absolute Gasteiger partial charge is 0.401 e. The summed E-state index contributed by atoms with van der Waals surface area (Å²) in [6, 6.07) is 13.8. The molecule has 4 aromatic rings. The fraction of sp³-hybridized carbons (Fsp3) is 0.308. The van der Waals surface area contributed by atoms with Crippen LogP contribution in [-0.2, 0) is 11.3 Å². The zero-order chi connectivity index (χ0) is 24.9. The number of halogens is 2. The van der Waals surface area contributed by atoms with Gasteiger partial charge in [0, 0.05) is 49.6 Å². The van der Waals surface area contributed by atoms with E-state index in [0.717, 1.165) is 65.9 Å². The molecule has 4 N–H and O–H groups in total. The van der Waals surface area contributed by atoms with Gasteiger partial charge in [0.15, 0.2) is 0 Å². The van der Waals surface area contributed by atoms with Gasteiger partial charge < -0.3 is 20.0 Å². The molecular formula is C26H30ClFN6O. The number of hydrogen-bond donors (Lipinski definition) is 2. The number of nitrogens with zero attached hydrogens (tertiary/aromatic N) is 4. The highest BCUT2D eigenvalue weighted by molar-refractivity contribution is 6.30. The zero-order valence-electron chi connectivity index (χ0n) is 19.9. The summed E-state index contributed by atoms with van der Waals surface area (Å²) in [5.41, 5.74) is 11.1. The fourth-order valence-electron chi connectivity index (χ4n) is 4.42. The number of hydrazine groups is 1. The van der Waals surface area contributed by atoms with Crippen molar-refractivity contribution in [3.8, 4) is 0 Å². The van der Waals surface area contributed by atoms with E-state index in [9.17, 15) is 4.39 Å². The first-order chi connectivity index (χ1) is 16.8. The number of hydrogen-bond acceptors (Lipinski definition) is 6. The third-order valence-electron chi connectivity index (χ3n) is 6.02. The summed E-state index contributed by atoms with van der Waals surface area (Å²) in [5.74, 6) is 6.36. The number of rotatable bonds is 4. The number of aromatic nitrogens is 3. The Morgan fingerprint density at radius 2 is 1.91 bits per heavy atom. The Morgan fingerprint density at radius 3 is 2.51 bits per heavy atom. The molecule has 0 bridgehead atoms. The topological polar surface area (TPSA) is 95.2 Å². The van der Waals surface area contributed by atoms with E-state index in [0.29, 0.717) is 16.8 Å². The van der Waals surface area contributed by atoms with Gasteiger partial charge in [0.1, 0.15) is 16.6 Å². The third kappa shape index (κ3) is 5.73. The second-order valence-electron chi connectivity index (χ2n) is 8.70. The molecule has 0 saturated carbocycles. The van der Waals surface area contributed by atoms with Gasteiger partial charge in [-0.2, -0.15) is 0 Å². The van der Waals surface area contributed by atoms with Gasteiger partial charge >= 0.3 is 0 Å². The molecule has 0 radical (unpaired) electrons. The molecule has 0 atom stereocenters. The Kier molecular flexibility index (Phi) is 7.85. The molecule has 1 aliphatic heterocycles. The Bertz CT molecular complexity index is 1330. The standard InChI is InChI=1S/C20H25ClN6O.C6H5F/c1-12(22)19(26(2)23)14-9-16-18(24-10-14)15-3-4-17(21)25-20(15)27(16)11-13-5-7-28-8-6-13;7-6-4-2-1-3-5-6/h3-4,9-10,13H,5-8,11,22-23H2,1-2H3;1-5H/b19-12-;. The van der Waals surface area contributed by atoms with Gasteiger partial charge in [0.25, 0.3) is 0 Å². The van der Waals surface area contributed by atoms with Crippen molar-refractivity contribution in [1.29, 1.82) is 0 Å². The van der Waals surface area contributed by atoms with E-state index in [2.05, 4.69) is 15.6 Å². The quantitative estimate of drug-likeness (QED) is 0.236. The van der Waals surface area contributed by atoms with Crippen LogP contribution >= 0.6 is 11.6 Å². The van der Waals surface area contributed by atoms with Crippen LogP contribution in [0.4, 0.5) is 4.39 Å². The van der Waals surface area contributed by atoms with Gasteiger partial charge in [0.05, 0.1) is 16.7 Å². The first-order valence-electron chi connectivity index (χ1n) is 11.5. The van der Waals surface area contributed by atoms with E-state index in [1.807, 2.05) is 19.2 Å². The lowest BCUT2D eigenvalue weighted by Crippen LogP contribution is -2.26. The molecule has 0 amide bonds. The van der Waals surface area contributed by atoms with Gasteiger partial charge in [-0.3, -0.25) is 4.98 Å². The summed E-state index contributed by atoms with van der Waals surface area (Å²) < 4.78 is 19.7. The number of pyridine rings is 2. The molecule has 1 saturated heterocycles. The average molecular weight is 497 g/mol. The van der Waals surface area contributed by atoms with E-state index >= 15 is 0 Å². The number of allylic oxidation sites excluding steroid dienone is 1. The predicted molar refractivity (Wildman–Crippen MR) is 139 cm³/mol. The van der Waals surface area contributed by atoms with Crippen LogP contribution in [0.1, 0.15) is 25.3 Å². The van der Waals surface area contributed by atoms with E-state index in [1.165, 1.54) is 17.1 Å². The molecule has 0 spiro atoms. The highest BCUT2D eigenvalue weighted by atomic mass is 35.5. The van der Waals surface area contributed by atoms with Crippen molar-refractivity contribution in [1.82, 2.24) is 19.5 Å². The minimum Gasteiger partial charge on any atom is -0.401 e. The summed E-state index contributed by atoms with van der Waals surface area (Å²) in [6.45, 7) is 4.29. The monoisotopic (exact) mass is 496 g/mol. The molecule has 3 aromatic heterocycles. The van der Waals surface area contributed by atoms with Crippen LogP contribution < -0.4 is 11.6 Å². The van der Waals surface area contributed by atoms with Crippen LogP contribution in [0.5, 0.6) is 0 Å². The van der Waals surface area contributed by atoms with Crippen molar-refractivity contribution in [3.05, 3.63) is 77.0 Å². The average Bonchev–Trinajstić information content (AvgIpc) is 3.12. The van der Waals surface area contributed by atoms with Crippen molar-refractivity contribution in [2.45, 2.75) is 26.3 Å². The first kappa shape index (κ1) is 24.9. The summed E-state index contributed by atoms with van der Waals surface area (Å²) in [7, 11) is 1.77. The maximum atomic E-state index is 11.9. The minimum atomic E-state index is -0.178. The van der Waals surface area contributed by atoms with E-state index < -0.39 is 0 Å². The van der Waals surface area contributed by atoms with Crippen molar-refractivity contribution >= 4 is 39.4 Å².